The number of ether oxygens (including phenoxy) is 2. The summed E-state index contributed by atoms with van der Waals surface area (Å²) in [6, 6.07) is 28.2. The predicted octanol–water partition coefficient (Wildman–Crippen LogP) is 9.66. The Kier molecular flexibility index (Phi) is 6.68. The van der Waals surface area contributed by atoms with Gasteiger partial charge in [-0.3, -0.25) is 0 Å². The summed E-state index contributed by atoms with van der Waals surface area (Å²) in [5, 5.41) is 0. The molecule has 2 aliphatic rings. The van der Waals surface area contributed by atoms with Crippen molar-refractivity contribution in [3.05, 3.63) is 114 Å². The van der Waals surface area contributed by atoms with Crippen molar-refractivity contribution < 1.29 is 9.47 Å². The number of fused-ring (bicyclic) bond motifs is 4. The molecule has 4 aromatic carbocycles. The van der Waals surface area contributed by atoms with Crippen LogP contribution in [-0.2, 0) is 11.8 Å². The Morgan fingerprint density at radius 1 is 0.795 bits per heavy atom. The van der Waals surface area contributed by atoms with Crippen LogP contribution in [0.3, 0.4) is 0 Å². The molecule has 198 valence electrons. The first-order valence-corrected chi connectivity index (χ1v) is 14.3. The Hall–Kier alpha value is -3.98. The Morgan fingerprint density at radius 2 is 1.54 bits per heavy atom. The van der Waals surface area contributed by atoms with Crippen LogP contribution in [0.25, 0.3) is 11.1 Å². The number of hydrogen-bond acceptors (Lipinski definition) is 3. The molecule has 39 heavy (non-hydrogen) atoms. The number of hydrogen-bond donors (Lipinski definition) is 0. The van der Waals surface area contributed by atoms with Crippen LogP contribution in [0, 0.1) is 0 Å². The van der Waals surface area contributed by atoms with E-state index in [2.05, 4.69) is 105 Å². The van der Waals surface area contributed by atoms with E-state index in [1.165, 1.54) is 33.5 Å². The van der Waals surface area contributed by atoms with Gasteiger partial charge in [0.1, 0.15) is 0 Å². The quantitative estimate of drug-likeness (QED) is 0.192. The molecular weight excluding hydrogens is 478 g/mol. The maximum Gasteiger partial charge on any atom is 0.170 e. The van der Waals surface area contributed by atoms with Gasteiger partial charge in [-0.05, 0) is 77.4 Å². The molecule has 0 bridgehead atoms. The van der Waals surface area contributed by atoms with Crippen molar-refractivity contribution >= 4 is 5.69 Å². The lowest BCUT2D eigenvalue weighted by atomic mass is 9.65. The van der Waals surface area contributed by atoms with E-state index in [1.54, 1.807) is 0 Å². The fourth-order valence-corrected chi connectivity index (χ4v) is 6.56. The highest BCUT2D eigenvalue weighted by Crippen LogP contribution is 2.52. The van der Waals surface area contributed by atoms with Crippen molar-refractivity contribution in [2.75, 3.05) is 18.0 Å². The van der Waals surface area contributed by atoms with Gasteiger partial charge >= 0.3 is 0 Å². The van der Waals surface area contributed by atoms with Gasteiger partial charge in [0.15, 0.2) is 23.0 Å². The number of benzene rings is 4. The van der Waals surface area contributed by atoms with Crippen molar-refractivity contribution in [2.45, 2.75) is 51.9 Å². The first kappa shape index (κ1) is 25.3. The third-order valence-electron chi connectivity index (χ3n) is 8.29. The maximum absolute atomic E-state index is 6.56. The Balaban J connectivity index is 1.37. The van der Waals surface area contributed by atoms with Crippen LogP contribution in [0.2, 0.25) is 0 Å². The smallest absolute Gasteiger partial charge is 0.170 e. The molecule has 0 saturated carbocycles. The average molecular weight is 516 g/mol. The maximum atomic E-state index is 6.56. The van der Waals surface area contributed by atoms with E-state index in [0.717, 1.165) is 67.3 Å². The molecule has 1 heterocycles. The van der Waals surface area contributed by atoms with E-state index < -0.39 is 0 Å². The molecule has 0 aromatic heterocycles. The minimum Gasteiger partial charge on any atom is -0.450 e. The monoisotopic (exact) mass is 515 g/mol. The average Bonchev–Trinajstić information content (AvgIpc) is 2.95. The third kappa shape index (κ3) is 4.40. The zero-order valence-corrected chi connectivity index (χ0v) is 23.3. The first-order valence-electron chi connectivity index (χ1n) is 14.3. The van der Waals surface area contributed by atoms with Crippen molar-refractivity contribution in [1.82, 2.24) is 0 Å². The van der Waals surface area contributed by atoms with Crippen LogP contribution < -0.4 is 14.4 Å². The molecule has 0 amide bonds. The summed E-state index contributed by atoms with van der Waals surface area (Å²) in [5.41, 5.74) is 9.00. The predicted molar refractivity (Wildman–Crippen MR) is 162 cm³/mol. The summed E-state index contributed by atoms with van der Waals surface area (Å²) in [7, 11) is 0. The number of rotatable bonds is 8. The van der Waals surface area contributed by atoms with Gasteiger partial charge < -0.3 is 14.4 Å². The van der Waals surface area contributed by atoms with Crippen LogP contribution in [0.5, 0.6) is 23.0 Å². The summed E-state index contributed by atoms with van der Waals surface area (Å²) < 4.78 is 13.1. The number of anilines is 1. The molecular formula is C36H37NO2. The summed E-state index contributed by atoms with van der Waals surface area (Å²) >= 11 is 0. The molecule has 4 aromatic rings. The van der Waals surface area contributed by atoms with E-state index in [4.69, 9.17) is 9.47 Å². The first-order chi connectivity index (χ1) is 19.1. The van der Waals surface area contributed by atoms with Gasteiger partial charge in [0.2, 0.25) is 0 Å². The second kappa shape index (κ2) is 10.3. The summed E-state index contributed by atoms with van der Waals surface area (Å²) in [5.74, 6) is 3.11. The van der Waals surface area contributed by atoms with Gasteiger partial charge in [-0.25, -0.2) is 0 Å². The molecule has 6 rings (SSSR count). The summed E-state index contributed by atoms with van der Waals surface area (Å²) in [6.07, 6.45) is 6.17. The topological polar surface area (TPSA) is 21.7 Å². The largest absolute Gasteiger partial charge is 0.450 e. The second-order valence-electron chi connectivity index (χ2n) is 11.0. The Labute approximate surface area is 232 Å². The number of nitrogens with zero attached hydrogens (tertiary/aromatic N) is 1. The van der Waals surface area contributed by atoms with E-state index >= 15 is 0 Å². The Bertz CT molecular complexity index is 1540. The zero-order chi connectivity index (χ0) is 27.0. The van der Waals surface area contributed by atoms with Crippen molar-refractivity contribution in [3.63, 3.8) is 0 Å². The molecule has 3 heteroatoms. The second-order valence-corrected chi connectivity index (χ2v) is 11.0. The minimum atomic E-state index is -0.0407. The standard InChI is InChI=1S/C36H37NO2/c1-5-18-36(4)29-14-10-8-12-26(29)21-27-23-34-35(24-30(27)36)38-32-17-16-25(22-33(32)39-34)28-13-9-11-15-31(28)37(19-6-2)20-7-3/h6,8-17,22-24H,2,5,7,18-21H2,1,3-4H3. The van der Waals surface area contributed by atoms with Crippen LogP contribution in [-0.4, -0.2) is 13.1 Å². The lowest BCUT2D eigenvalue weighted by Gasteiger charge is -2.39. The number of para-hydroxylation sites is 1. The lowest BCUT2D eigenvalue weighted by molar-refractivity contribution is 0.357. The molecule has 1 atom stereocenters. The molecule has 0 N–H and O–H groups in total. The normalized spacial score (nSPS) is 16.6. The van der Waals surface area contributed by atoms with Crippen LogP contribution in [0.4, 0.5) is 5.69 Å². The molecule has 0 spiro atoms. The lowest BCUT2D eigenvalue weighted by Crippen LogP contribution is -2.30. The van der Waals surface area contributed by atoms with Crippen LogP contribution >= 0.6 is 0 Å². The fourth-order valence-electron chi connectivity index (χ4n) is 6.56. The van der Waals surface area contributed by atoms with Gasteiger partial charge in [-0.15, -0.1) is 6.58 Å². The van der Waals surface area contributed by atoms with E-state index in [9.17, 15) is 0 Å². The third-order valence-corrected chi connectivity index (χ3v) is 8.29. The minimum absolute atomic E-state index is 0.0407. The SMILES string of the molecule is C=CCN(CCC)c1ccccc1-c1ccc2c(c1)Oc1cc3c(cc1O2)C(C)(CCC)c1ccccc1C3. The van der Waals surface area contributed by atoms with Crippen molar-refractivity contribution in [1.29, 1.82) is 0 Å². The molecule has 0 saturated heterocycles. The molecule has 3 nitrogen and oxygen atoms in total. The van der Waals surface area contributed by atoms with Gasteiger partial charge in [-0.1, -0.05) is 81.8 Å². The van der Waals surface area contributed by atoms with E-state index in [0.29, 0.717) is 0 Å². The molecule has 1 aliphatic carbocycles. The Morgan fingerprint density at radius 3 is 2.36 bits per heavy atom. The fraction of sp³-hybridized carbons (Fsp3) is 0.278. The van der Waals surface area contributed by atoms with Crippen molar-refractivity contribution in [2.24, 2.45) is 0 Å². The summed E-state index contributed by atoms with van der Waals surface area (Å²) in [6.45, 7) is 12.6. The summed E-state index contributed by atoms with van der Waals surface area (Å²) in [4.78, 5) is 2.38. The molecule has 1 unspecified atom stereocenters. The van der Waals surface area contributed by atoms with Gasteiger partial charge in [0.05, 0.1) is 0 Å². The highest BCUT2D eigenvalue weighted by Gasteiger charge is 2.37. The molecule has 1 aliphatic heterocycles. The van der Waals surface area contributed by atoms with Gasteiger partial charge in [-0.2, -0.15) is 0 Å². The van der Waals surface area contributed by atoms with Crippen LogP contribution in [0.15, 0.2) is 91.5 Å². The zero-order valence-electron chi connectivity index (χ0n) is 23.3. The van der Waals surface area contributed by atoms with Gasteiger partial charge in [0, 0.05) is 29.8 Å². The highest BCUT2D eigenvalue weighted by molar-refractivity contribution is 5.80. The van der Waals surface area contributed by atoms with Crippen LogP contribution in [0.1, 0.15) is 62.3 Å². The molecule has 0 radical (unpaired) electrons. The van der Waals surface area contributed by atoms with Gasteiger partial charge in [0.25, 0.3) is 0 Å². The van der Waals surface area contributed by atoms with Crippen molar-refractivity contribution in [3.8, 4) is 34.1 Å². The molecule has 0 fully saturated rings. The highest BCUT2D eigenvalue weighted by atomic mass is 16.6. The van der Waals surface area contributed by atoms with E-state index in [1.807, 2.05) is 12.1 Å². The van der Waals surface area contributed by atoms with E-state index in [-0.39, 0.29) is 5.41 Å².